The largest absolute Gasteiger partial charge is 0.480 e. The molecule has 1 rings (SSSR count). The van der Waals surface area contributed by atoms with Gasteiger partial charge in [-0.1, -0.05) is 0 Å². The average Bonchev–Trinajstić information content (AvgIpc) is 2.63. The monoisotopic (exact) mass is 227 g/mol. The minimum absolute atomic E-state index is 0.151. The molecule has 88 valence electrons. The normalized spacial score (nSPS) is 10.1. The molecule has 0 atom stereocenters. The number of rotatable bonds is 6. The van der Waals surface area contributed by atoms with Gasteiger partial charge in [-0.3, -0.25) is 4.79 Å². The second-order valence-electron chi connectivity index (χ2n) is 3.13. The molecule has 0 unspecified atom stereocenters. The number of furan rings is 1. The van der Waals surface area contributed by atoms with Crippen molar-refractivity contribution in [3.05, 3.63) is 23.7 Å². The summed E-state index contributed by atoms with van der Waals surface area (Å²) < 4.78 is 9.72. The third kappa shape index (κ3) is 3.74. The second kappa shape index (κ2) is 5.92. The summed E-state index contributed by atoms with van der Waals surface area (Å²) in [4.78, 5) is 21.5. The lowest BCUT2D eigenvalue weighted by molar-refractivity contribution is -0.142. The van der Waals surface area contributed by atoms with E-state index < -0.39 is 5.97 Å². The Morgan fingerprint density at radius 3 is 2.88 bits per heavy atom. The van der Waals surface area contributed by atoms with E-state index in [1.54, 1.807) is 13.0 Å². The molecule has 16 heavy (non-hydrogen) atoms. The number of ether oxygens (including phenoxy) is 1. The Morgan fingerprint density at radius 2 is 2.31 bits per heavy atom. The molecule has 6 heteroatoms. The van der Waals surface area contributed by atoms with Gasteiger partial charge in [0.1, 0.15) is 6.61 Å². The third-order valence-corrected chi connectivity index (χ3v) is 1.83. The fourth-order valence-corrected chi connectivity index (χ4v) is 1.08. The number of carboxylic acids is 1. The van der Waals surface area contributed by atoms with E-state index in [9.17, 15) is 9.59 Å². The van der Waals surface area contributed by atoms with Crippen molar-refractivity contribution in [3.8, 4) is 0 Å². The molecule has 0 saturated heterocycles. The molecule has 0 aliphatic heterocycles. The summed E-state index contributed by atoms with van der Waals surface area (Å²) in [5.74, 6) is -1.10. The van der Waals surface area contributed by atoms with Crippen LogP contribution in [0, 0.1) is 6.92 Å². The molecule has 0 aromatic carbocycles. The van der Waals surface area contributed by atoms with E-state index in [2.05, 4.69) is 5.32 Å². The lowest BCUT2D eigenvalue weighted by Crippen LogP contribution is -2.28. The standard InChI is InChI=1S/C10H13NO5/c1-7-2-4-16-9(7)10(14)11-3-5-15-6-8(12)13/h2,4H,3,5-6H2,1H3,(H,11,14)(H,12,13). The van der Waals surface area contributed by atoms with Gasteiger partial charge in [-0.25, -0.2) is 4.79 Å². The lowest BCUT2D eigenvalue weighted by Gasteiger charge is -2.03. The topological polar surface area (TPSA) is 88.8 Å². The molecule has 0 fully saturated rings. The fraction of sp³-hybridized carbons (Fsp3) is 0.400. The molecule has 0 aliphatic rings. The van der Waals surface area contributed by atoms with E-state index >= 15 is 0 Å². The van der Waals surface area contributed by atoms with Gasteiger partial charge in [-0.05, 0) is 13.0 Å². The van der Waals surface area contributed by atoms with E-state index in [4.69, 9.17) is 14.3 Å². The van der Waals surface area contributed by atoms with Crippen LogP contribution in [0.25, 0.3) is 0 Å². The van der Waals surface area contributed by atoms with E-state index in [0.717, 1.165) is 5.56 Å². The Bertz CT molecular complexity index is 371. The summed E-state index contributed by atoms with van der Waals surface area (Å²) in [5.41, 5.74) is 0.754. The Labute approximate surface area is 92.2 Å². The number of hydrogen-bond donors (Lipinski definition) is 2. The number of amides is 1. The van der Waals surface area contributed by atoms with Crippen molar-refractivity contribution in [1.29, 1.82) is 0 Å². The summed E-state index contributed by atoms with van der Waals surface area (Å²) in [6.45, 7) is 1.79. The number of hydrogen-bond acceptors (Lipinski definition) is 4. The molecule has 1 aromatic heterocycles. The minimum Gasteiger partial charge on any atom is -0.480 e. The lowest BCUT2D eigenvalue weighted by atomic mass is 10.3. The average molecular weight is 227 g/mol. The van der Waals surface area contributed by atoms with E-state index in [-0.39, 0.29) is 31.4 Å². The van der Waals surface area contributed by atoms with Crippen LogP contribution < -0.4 is 5.32 Å². The smallest absolute Gasteiger partial charge is 0.329 e. The Hall–Kier alpha value is -1.82. The highest BCUT2D eigenvalue weighted by molar-refractivity contribution is 5.92. The molecule has 1 amide bonds. The van der Waals surface area contributed by atoms with Crippen LogP contribution in [0.4, 0.5) is 0 Å². The molecule has 1 heterocycles. The van der Waals surface area contributed by atoms with Crippen LogP contribution in [0.2, 0.25) is 0 Å². The maximum Gasteiger partial charge on any atom is 0.329 e. The summed E-state index contributed by atoms with van der Waals surface area (Å²) in [6, 6.07) is 1.69. The number of carbonyl (C=O) groups excluding carboxylic acids is 1. The molecule has 6 nitrogen and oxygen atoms in total. The van der Waals surface area contributed by atoms with Crippen molar-refractivity contribution in [2.45, 2.75) is 6.92 Å². The van der Waals surface area contributed by atoms with Gasteiger partial charge < -0.3 is 19.6 Å². The van der Waals surface area contributed by atoms with E-state index in [0.29, 0.717) is 0 Å². The molecule has 0 spiro atoms. The summed E-state index contributed by atoms with van der Waals surface area (Å²) >= 11 is 0. The van der Waals surface area contributed by atoms with E-state index in [1.165, 1.54) is 6.26 Å². The van der Waals surface area contributed by atoms with E-state index in [1.807, 2.05) is 0 Å². The van der Waals surface area contributed by atoms with Crippen LogP contribution in [0.3, 0.4) is 0 Å². The van der Waals surface area contributed by atoms with Gasteiger partial charge >= 0.3 is 5.97 Å². The zero-order valence-corrected chi connectivity index (χ0v) is 8.86. The van der Waals surface area contributed by atoms with Gasteiger partial charge in [0, 0.05) is 12.1 Å². The van der Waals surface area contributed by atoms with Gasteiger partial charge in [0.05, 0.1) is 12.9 Å². The van der Waals surface area contributed by atoms with Crippen LogP contribution in [-0.2, 0) is 9.53 Å². The molecule has 1 aromatic rings. The molecule has 0 saturated carbocycles. The maximum atomic E-state index is 11.4. The van der Waals surface area contributed by atoms with Crippen molar-refractivity contribution in [2.75, 3.05) is 19.8 Å². The molecular weight excluding hydrogens is 214 g/mol. The number of aryl methyl sites for hydroxylation is 1. The summed E-state index contributed by atoms with van der Waals surface area (Å²) in [6.07, 6.45) is 1.44. The van der Waals surface area contributed by atoms with Gasteiger partial charge in [0.15, 0.2) is 5.76 Å². The highest BCUT2D eigenvalue weighted by Gasteiger charge is 2.11. The summed E-state index contributed by atoms with van der Waals surface area (Å²) in [5, 5.41) is 10.8. The van der Waals surface area contributed by atoms with Gasteiger partial charge in [0.2, 0.25) is 0 Å². The Kier molecular flexibility index (Phi) is 4.53. The number of carbonyl (C=O) groups is 2. The minimum atomic E-state index is -1.03. The maximum absolute atomic E-state index is 11.4. The summed E-state index contributed by atoms with van der Waals surface area (Å²) in [7, 11) is 0. The molecule has 0 bridgehead atoms. The van der Waals surface area contributed by atoms with Crippen LogP contribution >= 0.6 is 0 Å². The first-order valence-corrected chi connectivity index (χ1v) is 4.73. The fourth-order valence-electron chi connectivity index (χ4n) is 1.08. The first kappa shape index (κ1) is 12.3. The van der Waals surface area contributed by atoms with Crippen LogP contribution in [-0.4, -0.2) is 36.7 Å². The second-order valence-corrected chi connectivity index (χ2v) is 3.13. The van der Waals surface area contributed by atoms with Crippen molar-refractivity contribution in [1.82, 2.24) is 5.32 Å². The first-order valence-electron chi connectivity index (χ1n) is 4.73. The number of nitrogens with one attached hydrogen (secondary N) is 1. The SMILES string of the molecule is Cc1ccoc1C(=O)NCCOCC(=O)O. The molecule has 0 radical (unpaired) electrons. The van der Waals surface area contributed by atoms with Crippen molar-refractivity contribution >= 4 is 11.9 Å². The zero-order chi connectivity index (χ0) is 12.0. The van der Waals surface area contributed by atoms with Crippen molar-refractivity contribution in [2.24, 2.45) is 0 Å². The van der Waals surface area contributed by atoms with Crippen LogP contribution in [0.15, 0.2) is 16.7 Å². The Morgan fingerprint density at radius 1 is 1.56 bits per heavy atom. The predicted molar refractivity (Wildman–Crippen MR) is 54.2 cm³/mol. The molecular formula is C10H13NO5. The Balaban J connectivity index is 2.21. The van der Waals surface area contributed by atoms with Crippen LogP contribution in [0.1, 0.15) is 16.1 Å². The first-order chi connectivity index (χ1) is 7.61. The highest BCUT2D eigenvalue weighted by Crippen LogP contribution is 2.07. The zero-order valence-electron chi connectivity index (χ0n) is 8.86. The predicted octanol–water partition coefficient (Wildman–Crippen LogP) is 0.419. The third-order valence-electron chi connectivity index (χ3n) is 1.83. The molecule has 2 N–H and O–H groups in total. The highest BCUT2D eigenvalue weighted by atomic mass is 16.5. The van der Waals surface area contributed by atoms with Crippen molar-refractivity contribution in [3.63, 3.8) is 0 Å². The van der Waals surface area contributed by atoms with Gasteiger partial charge in [-0.15, -0.1) is 0 Å². The van der Waals surface area contributed by atoms with Gasteiger partial charge in [0.25, 0.3) is 5.91 Å². The van der Waals surface area contributed by atoms with Gasteiger partial charge in [-0.2, -0.15) is 0 Å². The molecule has 0 aliphatic carbocycles. The van der Waals surface area contributed by atoms with Crippen molar-refractivity contribution < 1.29 is 23.8 Å². The number of aliphatic carboxylic acids is 1. The quantitative estimate of drug-likeness (QED) is 0.687. The number of carboxylic acid groups (broad SMARTS) is 1. The van der Waals surface area contributed by atoms with Crippen LogP contribution in [0.5, 0.6) is 0 Å².